The average molecular weight is 372 g/mol. The SMILES string of the molecule is C=C(C)C(=O)OCCCOc1ccc2ccc(OCCCOC=O)cc2c1. The van der Waals surface area contributed by atoms with Crippen LogP contribution in [0.2, 0.25) is 0 Å². The Balaban J connectivity index is 1.82. The van der Waals surface area contributed by atoms with Crippen LogP contribution >= 0.6 is 0 Å². The van der Waals surface area contributed by atoms with Gasteiger partial charge >= 0.3 is 5.97 Å². The van der Waals surface area contributed by atoms with E-state index in [1.807, 2.05) is 36.4 Å². The Morgan fingerprint density at radius 3 is 2.07 bits per heavy atom. The van der Waals surface area contributed by atoms with Gasteiger partial charge in [0.1, 0.15) is 11.5 Å². The number of carbonyl (C=O) groups is 2. The van der Waals surface area contributed by atoms with Gasteiger partial charge in [0, 0.05) is 18.4 Å². The molecule has 27 heavy (non-hydrogen) atoms. The monoisotopic (exact) mass is 372 g/mol. The Bertz CT molecular complexity index is 783. The largest absolute Gasteiger partial charge is 0.493 e. The molecule has 0 heterocycles. The highest BCUT2D eigenvalue weighted by Crippen LogP contribution is 2.25. The van der Waals surface area contributed by atoms with Crippen LogP contribution in [0.15, 0.2) is 48.6 Å². The third-order valence-electron chi connectivity index (χ3n) is 3.67. The first kappa shape index (κ1) is 20.3. The number of carbonyl (C=O) groups excluding carboxylic acids is 2. The van der Waals surface area contributed by atoms with Crippen molar-refractivity contribution < 1.29 is 28.5 Å². The lowest BCUT2D eigenvalue weighted by Crippen LogP contribution is -2.09. The van der Waals surface area contributed by atoms with Gasteiger partial charge in [-0.15, -0.1) is 0 Å². The topological polar surface area (TPSA) is 71.1 Å². The molecule has 0 bridgehead atoms. The van der Waals surface area contributed by atoms with Crippen LogP contribution in [-0.2, 0) is 19.1 Å². The molecule has 144 valence electrons. The fourth-order valence-electron chi connectivity index (χ4n) is 2.30. The number of esters is 1. The van der Waals surface area contributed by atoms with Crippen LogP contribution in [0.5, 0.6) is 11.5 Å². The van der Waals surface area contributed by atoms with Crippen molar-refractivity contribution in [1.29, 1.82) is 0 Å². The molecule has 0 aliphatic rings. The van der Waals surface area contributed by atoms with Crippen LogP contribution in [0.4, 0.5) is 0 Å². The number of ether oxygens (including phenoxy) is 4. The molecule has 0 atom stereocenters. The van der Waals surface area contributed by atoms with Crippen LogP contribution in [0.1, 0.15) is 19.8 Å². The van der Waals surface area contributed by atoms with E-state index in [2.05, 4.69) is 11.3 Å². The highest BCUT2D eigenvalue weighted by Gasteiger charge is 2.03. The second-order valence-corrected chi connectivity index (χ2v) is 5.96. The minimum atomic E-state index is -0.383. The molecule has 2 aromatic carbocycles. The Hall–Kier alpha value is -3.02. The average Bonchev–Trinajstić information content (AvgIpc) is 2.67. The zero-order valence-corrected chi connectivity index (χ0v) is 15.4. The second kappa shape index (κ2) is 10.9. The summed E-state index contributed by atoms with van der Waals surface area (Å²) in [7, 11) is 0. The molecule has 6 heteroatoms. The summed E-state index contributed by atoms with van der Waals surface area (Å²) in [5, 5.41) is 2.08. The zero-order chi connectivity index (χ0) is 19.5. The fraction of sp³-hybridized carbons (Fsp3) is 0.333. The molecule has 0 saturated carbocycles. The van der Waals surface area contributed by atoms with Crippen molar-refractivity contribution in [3.63, 3.8) is 0 Å². The van der Waals surface area contributed by atoms with E-state index < -0.39 is 0 Å². The predicted molar refractivity (Wildman–Crippen MR) is 102 cm³/mol. The smallest absolute Gasteiger partial charge is 0.333 e. The van der Waals surface area contributed by atoms with E-state index in [9.17, 15) is 9.59 Å². The molecular formula is C21H24O6. The maximum Gasteiger partial charge on any atom is 0.333 e. The molecule has 6 nitrogen and oxygen atoms in total. The summed E-state index contributed by atoms with van der Waals surface area (Å²) >= 11 is 0. The Labute approximate surface area is 158 Å². The van der Waals surface area contributed by atoms with Crippen molar-refractivity contribution in [1.82, 2.24) is 0 Å². The van der Waals surface area contributed by atoms with Crippen LogP contribution in [0.25, 0.3) is 10.8 Å². The molecule has 0 unspecified atom stereocenters. The first-order chi connectivity index (χ1) is 13.1. The number of hydrogen-bond acceptors (Lipinski definition) is 6. The highest BCUT2D eigenvalue weighted by molar-refractivity contribution is 5.87. The lowest BCUT2D eigenvalue weighted by atomic mass is 10.1. The molecule has 0 aliphatic carbocycles. The number of hydrogen-bond donors (Lipinski definition) is 0. The van der Waals surface area contributed by atoms with Crippen LogP contribution in [0, 0.1) is 0 Å². The third-order valence-corrected chi connectivity index (χ3v) is 3.67. The quantitative estimate of drug-likeness (QED) is 0.245. The van der Waals surface area contributed by atoms with E-state index in [-0.39, 0.29) is 5.97 Å². The zero-order valence-electron chi connectivity index (χ0n) is 15.4. The summed E-state index contributed by atoms with van der Waals surface area (Å²) < 4.78 is 21.0. The number of benzene rings is 2. The summed E-state index contributed by atoms with van der Waals surface area (Å²) in [6, 6.07) is 11.6. The Morgan fingerprint density at radius 1 is 0.926 bits per heavy atom. The maximum atomic E-state index is 11.3. The molecular weight excluding hydrogens is 348 g/mol. The molecule has 0 fully saturated rings. The normalized spacial score (nSPS) is 10.3. The summed E-state index contributed by atoms with van der Waals surface area (Å²) in [4.78, 5) is 21.4. The second-order valence-electron chi connectivity index (χ2n) is 5.96. The molecule has 2 aromatic rings. The molecule has 0 radical (unpaired) electrons. The first-order valence-electron chi connectivity index (χ1n) is 8.77. The molecule has 0 spiro atoms. The lowest BCUT2D eigenvalue weighted by Gasteiger charge is -2.10. The molecule has 2 rings (SSSR count). The van der Waals surface area contributed by atoms with Crippen molar-refractivity contribution >= 4 is 23.2 Å². The van der Waals surface area contributed by atoms with Crippen LogP contribution < -0.4 is 9.47 Å². The van der Waals surface area contributed by atoms with Gasteiger partial charge in [0.25, 0.3) is 6.47 Å². The van der Waals surface area contributed by atoms with Gasteiger partial charge in [-0.3, -0.25) is 4.79 Å². The summed E-state index contributed by atoms with van der Waals surface area (Å²) in [5.41, 5.74) is 0.389. The van der Waals surface area contributed by atoms with Crippen molar-refractivity contribution in [3.8, 4) is 11.5 Å². The van der Waals surface area contributed by atoms with Gasteiger partial charge in [-0.25, -0.2) is 4.79 Å². The van der Waals surface area contributed by atoms with Gasteiger partial charge in [0.05, 0.1) is 26.4 Å². The summed E-state index contributed by atoms with van der Waals surface area (Å²) in [6.45, 7) is 7.14. The molecule has 0 aliphatic heterocycles. The number of rotatable bonds is 12. The van der Waals surface area contributed by atoms with Crippen molar-refractivity contribution in [2.45, 2.75) is 19.8 Å². The Kier molecular flexibility index (Phi) is 8.16. The predicted octanol–water partition coefficient (Wildman–Crippen LogP) is 3.67. The fourth-order valence-corrected chi connectivity index (χ4v) is 2.30. The summed E-state index contributed by atoms with van der Waals surface area (Å²) in [6.07, 6.45) is 1.24. The van der Waals surface area contributed by atoms with Crippen molar-refractivity contribution in [2.24, 2.45) is 0 Å². The minimum absolute atomic E-state index is 0.297. The van der Waals surface area contributed by atoms with Gasteiger partial charge in [-0.05, 0) is 42.0 Å². The molecule has 0 N–H and O–H groups in total. The van der Waals surface area contributed by atoms with E-state index in [1.165, 1.54) is 0 Å². The lowest BCUT2D eigenvalue weighted by molar-refractivity contribution is -0.139. The molecule has 0 aromatic heterocycles. The maximum absolute atomic E-state index is 11.3. The van der Waals surface area contributed by atoms with E-state index in [1.54, 1.807) is 6.92 Å². The van der Waals surface area contributed by atoms with Crippen LogP contribution in [0.3, 0.4) is 0 Å². The van der Waals surface area contributed by atoms with Crippen molar-refractivity contribution in [3.05, 3.63) is 48.6 Å². The highest BCUT2D eigenvalue weighted by atomic mass is 16.5. The van der Waals surface area contributed by atoms with Gasteiger partial charge in [0.15, 0.2) is 0 Å². The molecule has 0 amide bonds. The van der Waals surface area contributed by atoms with Crippen LogP contribution in [-0.4, -0.2) is 38.9 Å². The van der Waals surface area contributed by atoms with Gasteiger partial charge in [-0.2, -0.15) is 0 Å². The standard InChI is InChI=1S/C21H24O6/c1-16(2)21(23)27-12-4-11-26-20-8-6-17-5-7-19(13-18(17)14-20)25-10-3-9-24-15-22/h5-8,13-15H,1,3-4,9-12H2,2H3. The first-order valence-corrected chi connectivity index (χ1v) is 8.77. The van der Waals surface area contributed by atoms with E-state index in [4.69, 9.17) is 14.2 Å². The molecule has 0 saturated heterocycles. The van der Waals surface area contributed by atoms with E-state index >= 15 is 0 Å². The number of fused-ring (bicyclic) bond motifs is 1. The van der Waals surface area contributed by atoms with Gasteiger partial charge < -0.3 is 18.9 Å². The van der Waals surface area contributed by atoms with Gasteiger partial charge in [0.2, 0.25) is 0 Å². The Morgan fingerprint density at radius 2 is 1.52 bits per heavy atom. The van der Waals surface area contributed by atoms with Crippen molar-refractivity contribution in [2.75, 3.05) is 26.4 Å². The summed E-state index contributed by atoms with van der Waals surface area (Å²) in [5.74, 6) is 1.11. The van der Waals surface area contributed by atoms with Gasteiger partial charge in [-0.1, -0.05) is 18.7 Å². The van der Waals surface area contributed by atoms with E-state index in [0.717, 1.165) is 22.3 Å². The van der Waals surface area contributed by atoms with E-state index in [0.29, 0.717) is 51.3 Å². The third kappa shape index (κ3) is 7.01. The minimum Gasteiger partial charge on any atom is -0.493 e.